The summed E-state index contributed by atoms with van der Waals surface area (Å²) in [5, 5.41) is 10.3. The number of hydrogen-bond donors (Lipinski definition) is 4. The van der Waals surface area contributed by atoms with Gasteiger partial charge in [0.2, 0.25) is 0 Å². The van der Waals surface area contributed by atoms with Gasteiger partial charge in [0.05, 0.1) is 0 Å². The van der Waals surface area contributed by atoms with Gasteiger partial charge in [-0.1, -0.05) is 6.92 Å². The first kappa shape index (κ1) is 9.70. The molecule has 0 rings (SSSR count). The molecule has 6 heteroatoms. The summed E-state index contributed by atoms with van der Waals surface area (Å²) < 4.78 is 0. The predicted molar refractivity (Wildman–Crippen MR) is 36.7 cm³/mol. The minimum Gasteiger partial charge on any atom is -0.352 e. The Balaban J connectivity index is 3.94. The second-order valence-corrected chi connectivity index (χ2v) is 1.95. The standard InChI is InChI=1S/C5H11N3O3/c1-2-3(4(9)8-11)7-5(6)10/h3,11H,2H2,1H3,(H,8,9)(H3,6,7,10). The highest BCUT2D eigenvalue weighted by atomic mass is 16.5. The molecule has 64 valence electrons. The van der Waals surface area contributed by atoms with Gasteiger partial charge in [0.25, 0.3) is 5.91 Å². The molecule has 1 atom stereocenters. The lowest BCUT2D eigenvalue weighted by Crippen LogP contribution is -2.47. The zero-order valence-electron chi connectivity index (χ0n) is 6.13. The van der Waals surface area contributed by atoms with E-state index in [0.717, 1.165) is 0 Å². The molecule has 0 aromatic rings. The van der Waals surface area contributed by atoms with E-state index < -0.39 is 18.0 Å². The van der Waals surface area contributed by atoms with Crippen molar-refractivity contribution in [1.29, 1.82) is 0 Å². The van der Waals surface area contributed by atoms with Gasteiger partial charge in [-0.3, -0.25) is 10.0 Å². The highest BCUT2D eigenvalue weighted by molar-refractivity contribution is 5.85. The zero-order chi connectivity index (χ0) is 8.85. The molecule has 0 fully saturated rings. The summed E-state index contributed by atoms with van der Waals surface area (Å²) in [6.07, 6.45) is 0.370. The van der Waals surface area contributed by atoms with Crippen molar-refractivity contribution >= 4 is 11.9 Å². The van der Waals surface area contributed by atoms with Crippen LogP contribution in [0.5, 0.6) is 0 Å². The first-order chi connectivity index (χ1) is 5.11. The van der Waals surface area contributed by atoms with E-state index in [1.54, 1.807) is 6.92 Å². The van der Waals surface area contributed by atoms with E-state index >= 15 is 0 Å². The number of carbonyl (C=O) groups is 2. The Morgan fingerprint density at radius 3 is 2.45 bits per heavy atom. The van der Waals surface area contributed by atoms with E-state index in [1.165, 1.54) is 5.48 Å². The first-order valence-electron chi connectivity index (χ1n) is 3.11. The fourth-order valence-corrected chi connectivity index (χ4v) is 0.603. The number of primary amides is 1. The van der Waals surface area contributed by atoms with Crippen LogP contribution in [0.15, 0.2) is 0 Å². The molecule has 0 aromatic carbocycles. The number of nitrogens with two attached hydrogens (primary N) is 1. The summed E-state index contributed by atoms with van der Waals surface area (Å²) in [6.45, 7) is 1.68. The maximum Gasteiger partial charge on any atom is 0.312 e. The maximum atomic E-state index is 10.6. The van der Waals surface area contributed by atoms with Crippen LogP contribution in [0.4, 0.5) is 4.79 Å². The molecule has 3 amide bonds. The van der Waals surface area contributed by atoms with Crippen molar-refractivity contribution in [3.05, 3.63) is 0 Å². The van der Waals surface area contributed by atoms with Crippen molar-refractivity contribution in [2.45, 2.75) is 19.4 Å². The van der Waals surface area contributed by atoms with E-state index in [4.69, 9.17) is 10.9 Å². The van der Waals surface area contributed by atoms with Gasteiger partial charge in [0, 0.05) is 0 Å². The van der Waals surface area contributed by atoms with Crippen molar-refractivity contribution in [3.8, 4) is 0 Å². The van der Waals surface area contributed by atoms with Crippen LogP contribution in [-0.2, 0) is 4.79 Å². The largest absolute Gasteiger partial charge is 0.352 e. The molecule has 0 heterocycles. The van der Waals surface area contributed by atoms with Gasteiger partial charge in [-0.25, -0.2) is 10.3 Å². The van der Waals surface area contributed by atoms with Crippen LogP contribution < -0.4 is 16.5 Å². The Morgan fingerprint density at radius 2 is 2.18 bits per heavy atom. The molecule has 0 saturated carbocycles. The van der Waals surface area contributed by atoms with Crippen molar-refractivity contribution in [2.75, 3.05) is 0 Å². The Bertz CT molecular complexity index is 159. The van der Waals surface area contributed by atoms with Crippen LogP contribution in [0, 0.1) is 0 Å². The molecule has 0 saturated heterocycles. The number of amides is 3. The first-order valence-corrected chi connectivity index (χ1v) is 3.11. The van der Waals surface area contributed by atoms with Crippen LogP contribution in [0.3, 0.4) is 0 Å². The quantitative estimate of drug-likeness (QED) is 0.313. The fraction of sp³-hybridized carbons (Fsp3) is 0.600. The van der Waals surface area contributed by atoms with Gasteiger partial charge in [0.1, 0.15) is 6.04 Å². The minimum absolute atomic E-state index is 0.370. The Hall–Kier alpha value is -1.30. The van der Waals surface area contributed by atoms with Gasteiger partial charge in [-0.2, -0.15) is 0 Å². The Kier molecular flexibility index (Phi) is 3.97. The minimum atomic E-state index is -0.791. The molecule has 0 aliphatic heterocycles. The summed E-state index contributed by atoms with van der Waals surface area (Å²) in [6, 6.07) is -1.56. The molecule has 5 N–H and O–H groups in total. The molecule has 0 aromatic heterocycles. The van der Waals surface area contributed by atoms with Crippen LogP contribution >= 0.6 is 0 Å². The molecule has 0 spiro atoms. The average Bonchev–Trinajstić information content (AvgIpc) is 1.98. The van der Waals surface area contributed by atoms with E-state index in [0.29, 0.717) is 6.42 Å². The third-order valence-corrected chi connectivity index (χ3v) is 1.15. The fourth-order valence-electron chi connectivity index (χ4n) is 0.603. The van der Waals surface area contributed by atoms with Crippen LogP contribution in [0.25, 0.3) is 0 Å². The van der Waals surface area contributed by atoms with Crippen LogP contribution in [0.2, 0.25) is 0 Å². The number of carbonyl (C=O) groups excluding carboxylic acids is 2. The molecular weight excluding hydrogens is 150 g/mol. The smallest absolute Gasteiger partial charge is 0.312 e. The molecule has 0 radical (unpaired) electrons. The molecule has 1 unspecified atom stereocenters. The Labute approximate surface area is 63.7 Å². The third-order valence-electron chi connectivity index (χ3n) is 1.15. The highest BCUT2D eigenvalue weighted by Gasteiger charge is 2.15. The monoisotopic (exact) mass is 161 g/mol. The molecular formula is C5H11N3O3. The third kappa shape index (κ3) is 3.41. The maximum absolute atomic E-state index is 10.6. The van der Waals surface area contributed by atoms with Gasteiger partial charge in [0.15, 0.2) is 0 Å². The lowest BCUT2D eigenvalue weighted by Gasteiger charge is -2.11. The predicted octanol–water partition coefficient (Wildman–Crippen LogP) is -1.06. The number of nitrogens with one attached hydrogen (secondary N) is 2. The van der Waals surface area contributed by atoms with Gasteiger partial charge in [-0.05, 0) is 6.42 Å². The lowest BCUT2D eigenvalue weighted by atomic mass is 10.2. The van der Waals surface area contributed by atoms with Crippen molar-refractivity contribution in [2.24, 2.45) is 5.73 Å². The molecule has 0 aliphatic carbocycles. The number of urea groups is 1. The van der Waals surface area contributed by atoms with Crippen molar-refractivity contribution in [3.63, 3.8) is 0 Å². The van der Waals surface area contributed by atoms with E-state index in [2.05, 4.69) is 5.32 Å². The SMILES string of the molecule is CCC(NC(N)=O)C(=O)NO. The van der Waals surface area contributed by atoms with Crippen LogP contribution in [0.1, 0.15) is 13.3 Å². The molecule has 11 heavy (non-hydrogen) atoms. The van der Waals surface area contributed by atoms with Gasteiger partial charge in [-0.15, -0.1) is 0 Å². The lowest BCUT2D eigenvalue weighted by molar-refractivity contribution is -0.131. The zero-order valence-corrected chi connectivity index (χ0v) is 6.13. The van der Waals surface area contributed by atoms with Crippen molar-refractivity contribution in [1.82, 2.24) is 10.8 Å². The summed E-state index contributed by atoms with van der Waals surface area (Å²) in [7, 11) is 0. The second-order valence-electron chi connectivity index (χ2n) is 1.95. The van der Waals surface area contributed by atoms with E-state index in [9.17, 15) is 9.59 Å². The van der Waals surface area contributed by atoms with Crippen LogP contribution in [-0.4, -0.2) is 23.2 Å². The summed E-state index contributed by atoms with van der Waals surface area (Å²) in [5.74, 6) is -0.675. The second kappa shape index (κ2) is 4.51. The van der Waals surface area contributed by atoms with Crippen molar-refractivity contribution < 1.29 is 14.8 Å². The normalized spacial score (nSPS) is 11.8. The van der Waals surface area contributed by atoms with E-state index in [-0.39, 0.29) is 0 Å². The van der Waals surface area contributed by atoms with E-state index in [1.807, 2.05) is 0 Å². The summed E-state index contributed by atoms with van der Waals surface area (Å²) in [5.41, 5.74) is 6.16. The summed E-state index contributed by atoms with van der Waals surface area (Å²) in [4.78, 5) is 20.9. The number of hydrogen-bond acceptors (Lipinski definition) is 3. The topological polar surface area (TPSA) is 104 Å². The van der Waals surface area contributed by atoms with Gasteiger partial charge < -0.3 is 11.1 Å². The molecule has 0 bridgehead atoms. The highest BCUT2D eigenvalue weighted by Crippen LogP contribution is 1.88. The average molecular weight is 161 g/mol. The van der Waals surface area contributed by atoms with Gasteiger partial charge >= 0.3 is 6.03 Å². The number of hydroxylamine groups is 1. The molecule has 6 nitrogen and oxygen atoms in total. The Morgan fingerprint density at radius 1 is 1.64 bits per heavy atom. The molecule has 0 aliphatic rings. The summed E-state index contributed by atoms with van der Waals surface area (Å²) >= 11 is 0. The number of rotatable bonds is 3.